The van der Waals surface area contributed by atoms with Crippen LogP contribution in [0, 0.1) is 0 Å². The number of ether oxygens (including phenoxy) is 1. The summed E-state index contributed by atoms with van der Waals surface area (Å²) in [6.07, 6.45) is 6.50. The average Bonchev–Trinajstić information content (AvgIpc) is 2.96. The largest absolute Gasteiger partial charge is 0.377 e. The molecule has 1 saturated heterocycles. The van der Waals surface area contributed by atoms with Crippen LogP contribution in [-0.2, 0) is 11.2 Å². The van der Waals surface area contributed by atoms with Gasteiger partial charge in [0, 0.05) is 24.5 Å². The van der Waals surface area contributed by atoms with Crippen LogP contribution in [0.2, 0.25) is 0 Å². The zero-order valence-electron chi connectivity index (χ0n) is 11.8. The monoisotopic (exact) mass is 281 g/mol. The van der Waals surface area contributed by atoms with Gasteiger partial charge < -0.3 is 10.1 Å². The highest BCUT2D eigenvalue weighted by Gasteiger charge is 2.17. The molecule has 5 heteroatoms. The molecular weight excluding hydrogens is 258 g/mol. The number of nitrogens with zero attached hydrogens (tertiary/aromatic N) is 2. The van der Waals surface area contributed by atoms with Gasteiger partial charge in [0.2, 0.25) is 0 Å². The topological polar surface area (TPSA) is 47.0 Å². The molecular formula is C14H23N3OS. The van der Waals surface area contributed by atoms with Gasteiger partial charge in [0.1, 0.15) is 17.2 Å². The summed E-state index contributed by atoms with van der Waals surface area (Å²) < 4.78 is 5.66. The third kappa shape index (κ3) is 4.08. The van der Waals surface area contributed by atoms with E-state index >= 15 is 0 Å². The predicted molar refractivity (Wildman–Crippen MR) is 79.9 cm³/mol. The molecule has 1 atom stereocenters. The van der Waals surface area contributed by atoms with Crippen molar-refractivity contribution in [1.82, 2.24) is 9.97 Å². The Balaban J connectivity index is 2.01. The van der Waals surface area contributed by atoms with Crippen molar-refractivity contribution < 1.29 is 4.74 Å². The minimum Gasteiger partial charge on any atom is -0.377 e. The Kier molecular flexibility index (Phi) is 5.92. The smallest absolute Gasteiger partial charge is 0.133 e. The molecule has 106 valence electrons. The van der Waals surface area contributed by atoms with Crippen LogP contribution in [0.25, 0.3) is 0 Å². The highest BCUT2D eigenvalue weighted by atomic mass is 32.2. The molecule has 1 aromatic heterocycles. The fourth-order valence-corrected chi connectivity index (χ4v) is 3.33. The number of hydrogen-bond donors (Lipinski definition) is 1. The van der Waals surface area contributed by atoms with Crippen molar-refractivity contribution in [3.63, 3.8) is 0 Å². The van der Waals surface area contributed by atoms with Crippen molar-refractivity contribution in [3.05, 3.63) is 11.9 Å². The summed E-state index contributed by atoms with van der Waals surface area (Å²) in [6, 6.07) is 0. The minimum absolute atomic E-state index is 0.400. The van der Waals surface area contributed by atoms with Crippen LogP contribution < -0.4 is 5.32 Å². The maximum absolute atomic E-state index is 5.66. The Bertz CT molecular complexity index is 394. The van der Waals surface area contributed by atoms with E-state index in [1.807, 2.05) is 0 Å². The first-order valence-corrected chi connectivity index (χ1v) is 8.15. The van der Waals surface area contributed by atoms with Crippen molar-refractivity contribution in [2.75, 3.05) is 24.2 Å². The average molecular weight is 281 g/mol. The number of anilines is 1. The second-order valence-corrected chi connectivity index (χ2v) is 5.74. The van der Waals surface area contributed by atoms with Gasteiger partial charge in [0.25, 0.3) is 0 Å². The van der Waals surface area contributed by atoms with Crippen molar-refractivity contribution in [1.29, 1.82) is 0 Å². The molecule has 1 aliphatic rings. The zero-order chi connectivity index (χ0) is 13.5. The van der Waals surface area contributed by atoms with E-state index in [1.165, 1.54) is 18.4 Å². The second kappa shape index (κ2) is 7.70. The lowest BCUT2D eigenvalue weighted by atomic mass is 10.2. The summed E-state index contributed by atoms with van der Waals surface area (Å²) in [5.74, 6) is 1.99. The van der Waals surface area contributed by atoms with Crippen molar-refractivity contribution in [2.45, 2.75) is 50.7 Å². The lowest BCUT2D eigenvalue weighted by molar-refractivity contribution is 0.129. The molecule has 0 radical (unpaired) electrons. The molecule has 1 aliphatic heterocycles. The fourth-order valence-electron chi connectivity index (χ4n) is 2.18. The predicted octanol–water partition coefficient (Wildman–Crippen LogP) is 3.13. The Morgan fingerprint density at radius 3 is 3.00 bits per heavy atom. The molecule has 0 amide bonds. The van der Waals surface area contributed by atoms with Gasteiger partial charge in [-0.2, -0.15) is 0 Å². The van der Waals surface area contributed by atoms with Gasteiger partial charge in [0.15, 0.2) is 0 Å². The Morgan fingerprint density at radius 1 is 1.42 bits per heavy atom. The first-order chi connectivity index (χ1) is 9.35. The zero-order valence-corrected chi connectivity index (χ0v) is 12.6. The van der Waals surface area contributed by atoms with E-state index in [0.29, 0.717) is 6.10 Å². The van der Waals surface area contributed by atoms with Gasteiger partial charge in [-0.15, -0.1) is 11.8 Å². The number of thioether (sulfide) groups is 1. The Morgan fingerprint density at radius 2 is 2.32 bits per heavy atom. The summed E-state index contributed by atoms with van der Waals surface area (Å²) in [7, 11) is 0. The Hall–Kier alpha value is -0.810. The van der Waals surface area contributed by atoms with Gasteiger partial charge in [-0.1, -0.05) is 13.8 Å². The molecule has 1 N–H and O–H groups in total. The van der Waals surface area contributed by atoms with Crippen LogP contribution in [0.3, 0.4) is 0 Å². The third-order valence-electron chi connectivity index (χ3n) is 3.23. The van der Waals surface area contributed by atoms with Gasteiger partial charge in [-0.25, -0.2) is 9.97 Å². The van der Waals surface area contributed by atoms with Gasteiger partial charge >= 0.3 is 0 Å². The van der Waals surface area contributed by atoms with Crippen LogP contribution in [0.4, 0.5) is 5.82 Å². The second-order valence-electron chi connectivity index (χ2n) is 4.73. The number of nitrogens with one attached hydrogen (secondary N) is 1. The molecule has 0 aliphatic carbocycles. The summed E-state index contributed by atoms with van der Waals surface area (Å²) in [5.41, 5.74) is 1.24. The maximum Gasteiger partial charge on any atom is 0.133 e. The lowest BCUT2D eigenvalue weighted by Gasteiger charge is -2.14. The van der Waals surface area contributed by atoms with E-state index in [0.717, 1.165) is 42.6 Å². The van der Waals surface area contributed by atoms with Crippen LogP contribution >= 0.6 is 11.8 Å². The standard InChI is InChI=1S/C14H23N3OS/c1-3-7-15-13-12(4-2)14(17-10-16-13)19-9-11-6-5-8-18-11/h10-11H,3-9H2,1-2H3,(H,15,16,17). The molecule has 0 bridgehead atoms. The molecule has 19 heavy (non-hydrogen) atoms. The molecule has 1 unspecified atom stereocenters. The van der Waals surface area contributed by atoms with Crippen LogP contribution in [0.5, 0.6) is 0 Å². The van der Waals surface area contributed by atoms with Gasteiger partial charge in [0.05, 0.1) is 6.10 Å². The SMILES string of the molecule is CCCNc1ncnc(SCC2CCCO2)c1CC. The van der Waals surface area contributed by atoms with Crippen molar-refractivity contribution >= 4 is 17.6 Å². The highest BCUT2D eigenvalue weighted by molar-refractivity contribution is 7.99. The molecule has 1 fully saturated rings. The summed E-state index contributed by atoms with van der Waals surface area (Å²) in [6.45, 7) is 6.19. The highest BCUT2D eigenvalue weighted by Crippen LogP contribution is 2.28. The first-order valence-electron chi connectivity index (χ1n) is 7.17. The minimum atomic E-state index is 0.400. The van der Waals surface area contributed by atoms with Crippen LogP contribution in [0.15, 0.2) is 11.4 Å². The molecule has 1 aromatic rings. The van der Waals surface area contributed by atoms with E-state index in [-0.39, 0.29) is 0 Å². The third-order valence-corrected chi connectivity index (χ3v) is 4.40. The normalized spacial score (nSPS) is 18.7. The molecule has 2 heterocycles. The molecule has 0 spiro atoms. The summed E-state index contributed by atoms with van der Waals surface area (Å²) in [5, 5.41) is 4.49. The molecule has 0 saturated carbocycles. The fraction of sp³-hybridized carbons (Fsp3) is 0.714. The van der Waals surface area contributed by atoms with E-state index in [2.05, 4.69) is 29.1 Å². The number of rotatable bonds is 7. The van der Waals surface area contributed by atoms with Crippen LogP contribution in [-0.4, -0.2) is 35.0 Å². The van der Waals surface area contributed by atoms with Gasteiger partial charge in [-0.05, 0) is 25.7 Å². The Labute approximate surface area is 119 Å². The van der Waals surface area contributed by atoms with Crippen molar-refractivity contribution in [2.24, 2.45) is 0 Å². The van der Waals surface area contributed by atoms with Gasteiger partial charge in [-0.3, -0.25) is 0 Å². The van der Waals surface area contributed by atoms with Crippen LogP contribution in [0.1, 0.15) is 38.7 Å². The summed E-state index contributed by atoms with van der Waals surface area (Å²) in [4.78, 5) is 8.80. The number of aromatic nitrogens is 2. The lowest BCUT2D eigenvalue weighted by Crippen LogP contribution is -2.10. The molecule has 2 rings (SSSR count). The van der Waals surface area contributed by atoms with E-state index in [4.69, 9.17) is 4.74 Å². The quantitative estimate of drug-likeness (QED) is 0.614. The van der Waals surface area contributed by atoms with E-state index in [9.17, 15) is 0 Å². The number of hydrogen-bond acceptors (Lipinski definition) is 5. The van der Waals surface area contributed by atoms with E-state index in [1.54, 1.807) is 18.1 Å². The molecule has 4 nitrogen and oxygen atoms in total. The maximum atomic E-state index is 5.66. The van der Waals surface area contributed by atoms with Crippen molar-refractivity contribution in [3.8, 4) is 0 Å². The first kappa shape index (κ1) is 14.6. The van der Waals surface area contributed by atoms with E-state index < -0.39 is 0 Å². The summed E-state index contributed by atoms with van der Waals surface area (Å²) >= 11 is 1.80. The molecule has 0 aromatic carbocycles.